The highest BCUT2D eigenvalue weighted by molar-refractivity contribution is 6.05. The number of furan rings is 1. The van der Waals surface area contributed by atoms with E-state index in [2.05, 4.69) is 9.98 Å². The first-order valence-corrected chi connectivity index (χ1v) is 10.0. The number of amidine groups is 1. The molecule has 0 aliphatic rings. The van der Waals surface area contributed by atoms with Crippen molar-refractivity contribution >= 4 is 27.8 Å². The van der Waals surface area contributed by atoms with Crippen molar-refractivity contribution in [1.29, 1.82) is 0 Å². The van der Waals surface area contributed by atoms with E-state index in [1.807, 2.05) is 41.9 Å². The van der Waals surface area contributed by atoms with Crippen molar-refractivity contribution in [2.45, 2.75) is 6.54 Å². The molecule has 8 heteroatoms. The predicted molar refractivity (Wildman–Crippen MR) is 120 cm³/mol. The number of pyridine rings is 1. The summed E-state index contributed by atoms with van der Waals surface area (Å²) in [6.45, 7) is -0.0332. The zero-order valence-corrected chi connectivity index (χ0v) is 17.1. The fourth-order valence-corrected chi connectivity index (χ4v) is 3.53. The van der Waals surface area contributed by atoms with E-state index in [1.54, 1.807) is 18.2 Å². The maximum Gasteiger partial charge on any atom is 0.219 e. The van der Waals surface area contributed by atoms with E-state index < -0.39 is 11.6 Å². The minimum absolute atomic E-state index is 0.0332. The molecule has 0 radical (unpaired) electrons. The summed E-state index contributed by atoms with van der Waals surface area (Å²) in [6, 6.07) is 19.7. The molecule has 0 fully saturated rings. The van der Waals surface area contributed by atoms with Gasteiger partial charge in [-0.2, -0.15) is 0 Å². The van der Waals surface area contributed by atoms with Crippen LogP contribution >= 0.6 is 0 Å². The van der Waals surface area contributed by atoms with Crippen LogP contribution in [0.5, 0.6) is 11.6 Å². The maximum absolute atomic E-state index is 13.3. The van der Waals surface area contributed by atoms with Crippen molar-refractivity contribution in [2.24, 2.45) is 4.99 Å². The van der Waals surface area contributed by atoms with Gasteiger partial charge in [-0.1, -0.05) is 18.2 Å². The number of nitrogens with zero attached hydrogens (tertiary/aromatic N) is 2. The summed E-state index contributed by atoms with van der Waals surface area (Å²) in [7, 11) is 0. The second-order valence-electron chi connectivity index (χ2n) is 7.30. The number of fused-ring (bicyclic) bond motifs is 3. The zero-order valence-electron chi connectivity index (χ0n) is 17.1. The number of aromatic nitrogens is 1. The number of hydrogen-bond acceptors (Lipinski definition) is 5. The van der Waals surface area contributed by atoms with Gasteiger partial charge in [-0.25, -0.2) is 13.8 Å². The van der Waals surface area contributed by atoms with Gasteiger partial charge < -0.3 is 9.15 Å². The number of benzene rings is 3. The summed E-state index contributed by atoms with van der Waals surface area (Å²) in [6.07, 6.45) is 1.47. The summed E-state index contributed by atoms with van der Waals surface area (Å²) in [5.74, 6) is -0.344. The van der Waals surface area contributed by atoms with Gasteiger partial charge in [0.25, 0.3) is 0 Å². The number of nitrogens with one attached hydrogen (secondary N) is 1. The summed E-state index contributed by atoms with van der Waals surface area (Å²) >= 11 is 0. The number of hydrogen-bond donors (Lipinski definition) is 2. The van der Waals surface area contributed by atoms with Crippen LogP contribution in [0, 0.1) is 11.6 Å². The fourth-order valence-electron chi connectivity index (χ4n) is 3.53. The van der Waals surface area contributed by atoms with Crippen LogP contribution in [-0.2, 0) is 6.54 Å². The molecule has 164 valence electrons. The largest absolute Gasteiger partial charge is 0.456 e. The Balaban J connectivity index is 1.34. The lowest BCUT2D eigenvalue weighted by Gasteiger charge is -2.08. The van der Waals surface area contributed by atoms with Crippen molar-refractivity contribution in [2.75, 3.05) is 0 Å². The molecule has 5 rings (SSSR count). The highest BCUT2D eigenvalue weighted by Crippen LogP contribution is 2.32. The normalized spacial score (nSPS) is 11.8. The fraction of sp³-hybridized carbons (Fsp3) is 0.0400. The maximum atomic E-state index is 13.3. The highest BCUT2D eigenvalue weighted by atomic mass is 19.1. The molecule has 0 saturated heterocycles. The van der Waals surface area contributed by atoms with Crippen LogP contribution in [-0.4, -0.2) is 16.0 Å². The van der Waals surface area contributed by atoms with Crippen molar-refractivity contribution in [3.8, 4) is 11.6 Å². The molecular weight excluding hydrogens is 428 g/mol. The van der Waals surface area contributed by atoms with Crippen molar-refractivity contribution in [3.05, 3.63) is 102 Å². The lowest BCUT2D eigenvalue weighted by Crippen LogP contribution is -2.20. The standard InChI is InChI=1S/C25H17F2N3O3/c26-17-9-15(10-18(27)11-17)13-29-25(30-31)16-5-8-24(28-14-16)32-19-6-7-23-21(12-19)20-3-1-2-4-22(20)33-23/h1-12,14,31H,13H2,(H,29,30). The van der Waals surface area contributed by atoms with E-state index in [9.17, 15) is 14.0 Å². The molecular formula is C25H17F2N3O3. The van der Waals surface area contributed by atoms with E-state index >= 15 is 0 Å². The minimum Gasteiger partial charge on any atom is -0.456 e. The zero-order chi connectivity index (χ0) is 22.8. The van der Waals surface area contributed by atoms with Crippen LogP contribution in [0.4, 0.5) is 8.78 Å². The molecule has 2 heterocycles. The van der Waals surface area contributed by atoms with Crippen LogP contribution in [0.3, 0.4) is 0 Å². The van der Waals surface area contributed by atoms with Crippen molar-refractivity contribution < 1.29 is 23.1 Å². The molecule has 2 N–H and O–H groups in total. The molecule has 2 aromatic heterocycles. The van der Waals surface area contributed by atoms with Crippen LogP contribution in [0.1, 0.15) is 11.1 Å². The van der Waals surface area contributed by atoms with E-state index in [4.69, 9.17) is 9.15 Å². The summed E-state index contributed by atoms with van der Waals surface area (Å²) in [5, 5.41) is 11.4. The molecule has 6 nitrogen and oxygen atoms in total. The Kier molecular flexibility index (Phi) is 5.42. The van der Waals surface area contributed by atoms with Gasteiger partial charge in [0.1, 0.15) is 28.5 Å². The molecule has 0 unspecified atom stereocenters. The first-order valence-electron chi connectivity index (χ1n) is 10.0. The minimum atomic E-state index is -0.691. The van der Waals surface area contributed by atoms with Crippen LogP contribution in [0.2, 0.25) is 0 Å². The second-order valence-corrected chi connectivity index (χ2v) is 7.30. The van der Waals surface area contributed by atoms with Gasteiger partial charge in [0.2, 0.25) is 5.88 Å². The van der Waals surface area contributed by atoms with E-state index in [-0.39, 0.29) is 12.4 Å². The Labute approximate surface area is 186 Å². The van der Waals surface area contributed by atoms with Gasteiger partial charge in [0, 0.05) is 34.7 Å². The van der Waals surface area contributed by atoms with Gasteiger partial charge in [-0.15, -0.1) is 0 Å². The molecule has 5 aromatic rings. The molecule has 0 aliphatic heterocycles. The first kappa shape index (κ1) is 20.6. The molecule has 0 atom stereocenters. The Bertz CT molecular complexity index is 1460. The average Bonchev–Trinajstić information content (AvgIpc) is 3.18. The smallest absolute Gasteiger partial charge is 0.219 e. The van der Waals surface area contributed by atoms with Crippen molar-refractivity contribution in [3.63, 3.8) is 0 Å². The molecule has 3 aromatic carbocycles. The van der Waals surface area contributed by atoms with Gasteiger partial charge in [0.15, 0.2) is 5.84 Å². The molecule has 0 aliphatic carbocycles. The lowest BCUT2D eigenvalue weighted by molar-refractivity contribution is 0.234. The number of rotatable bonds is 5. The number of aliphatic imine (C=N–C) groups is 1. The first-order chi connectivity index (χ1) is 16.1. The van der Waals surface area contributed by atoms with Crippen molar-refractivity contribution in [1.82, 2.24) is 10.5 Å². The Morgan fingerprint density at radius 2 is 1.73 bits per heavy atom. The number of ether oxygens (including phenoxy) is 1. The van der Waals surface area contributed by atoms with Crippen LogP contribution in [0.15, 0.2) is 88.4 Å². The quantitative estimate of drug-likeness (QED) is 0.198. The van der Waals surface area contributed by atoms with Gasteiger partial charge in [0.05, 0.1) is 6.54 Å². The molecule has 0 saturated carbocycles. The third kappa shape index (κ3) is 4.37. The van der Waals surface area contributed by atoms with E-state index in [0.717, 1.165) is 28.0 Å². The summed E-state index contributed by atoms with van der Waals surface area (Å²) in [5.41, 5.74) is 4.36. The summed E-state index contributed by atoms with van der Waals surface area (Å²) < 4.78 is 38.4. The number of halogens is 2. The highest BCUT2D eigenvalue weighted by Gasteiger charge is 2.09. The van der Waals surface area contributed by atoms with Gasteiger partial charge in [-0.05, 0) is 48.0 Å². The Morgan fingerprint density at radius 1 is 0.939 bits per heavy atom. The van der Waals surface area contributed by atoms with Gasteiger partial charge >= 0.3 is 0 Å². The Morgan fingerprint density at radius 3 is 2.48 bits per heavy atom. The lowest BCUT2D eigenvalue weighted by atomic mass is 10.1. The summed E-state index contributed by atoms with van der Waals surface area (Å²) in [4.78, 5) is 8.43. The monoisotopic (exact) mass is 445 g/mol. The topological polar surface area (TPSA) is 79.9 Å². The third-order valence-electron chi connectivity index (χ3n) is 5.03. The SMILES string of the molecule is ONC(=NCc1cc(F)cc(F)c1)c1ccc(Oc2ccc3oc4ccccc4c3c2)nc1. The van der Waals surface area contributed by atoms with Crippen LogP contribution in [0.25, 0.3) is 21.9 Å². The Hall–Kier alpha value is -4.30. The molecule has 0 amide bonds. The molecule has 0 spiro atoms. The predicted octanol–water partition coefficient (Wildman–Crippen LogP) is 5.98. The average molecular weight is 445 g/mol. The van der Waals surface area contributed by atoms with E-state index in [0.29, 0.717) is 22.8 Å². The van der Waals surface area contributed by atoms with E-state index in [1.165, 1.54) is 18.3 Å². The third-order valence-corrected chi connectivity index (χ3v) is 5.03. The second kappa shape index (κ2) is 8.68. The molecule has 33 heavy (non-hydrogen) atoms. The molecule has 0 bridgehead atoms. The van der Waals surface area contributed by atoms with Crippen LogP contribution < -0.4 is 10.2 Å². The number of hydroxylamine groups is 1. The number of para-hydroxylation sites is 1. The van der Waals surface area contributed by atoms with Gasteiger partial charge in [-0.3, -0.25) is 15.7 Å².